The van der Waals surface area contributed by atoms with Crippen molar-refractivity contribution in [3.63, 3.8) is 0 Å². The molecule has 4 saturated carbocycles. The van der Waals surface area contributed by atoms with Crippen molar-refractivity contribution in [2.24, 2.45) is 52.3 Å². The van der Waals surface area contributed by atoms with E-state index in [-0.39, 0.29) is 36.7 Å². The molecule has 8 fully saturated rings. The Balaban J connectivity index is 0.812. The van der Waals surface area contributed by atoms with Gasteiger partial charge in [0.2, 0.25) is 11.8 Å². The molecule has 4 heterocycles. The van der Waals surface area contributed by atoms with E-state index in [2.05, 4.69) is 42.8 Å². The van der Waals surface area contributed by atoms with Crippen molar-refractivity contribution in [3.8, 4) is 0 Å². The molecule has 1 unspecified atom stereocenters. The van der Waals surface area contributed by atoms with Crippen LogP contribution in [-0.4, -0.2) is 110 Å². The number of piperidine rings is 1. The second-order valence-electron chi connectivity index (χ2n) is 19.1. The largest absolute Gasteiger partial charge is 0.353 e. The van der Waals surface area contributed by atoms with E-state index in [0.717, 1.165) is 82.6 Å². The Morgan fingerprint density at radius 2 is 1.60 bits per heavy atom. The van der Waals surface area contributed by atoms with Crippen LogP contribution in [0.5, 0.6) is 0 Å². The smallest absolute Gasteiger partial charge is 0.232 e. The van der Waals surface area contributed by atoms with Gasteiger partial charge in [-0.15, -0.1) is 0 Å². The van der Waals surface area contributed by atoms with Crippen molar-refractivity contribution in [2.75, 3.05) is 59.1 Å². The van der Waals surface area contributed by atoms with Crippen molar-refractivity contribution in [2.45, 2.75) is 135 Å². The van der Waals surface area contributed by atoms with E-state index in [0.29, 0.717) is 66.3 Å². The van der Waals surface area contributed by atoms with Crippen LogP contribution in [0.3, 0.4) is 0 Å². The van der Waals surface area contributed by atoms with E-state index in [1.807, 2.05) is 4.90 Å². The number of fused-ring (bicyclic) bond motifs is 7. The van der Waals surface area contributed by atoms with Crippen molar-refractivity contribution in [3.05, 3.63) is 0 Å². The molecule has 12 atom stereocenters. The Labute approximate surface area is 301 Å². The summed E-state index contributed by atoms with van der Waals surface area (Å²) in [6, 6.07) is 0.716. The van der Waals surface area contributed by atoms with Gasteiger partial charge in [-0.2, -0.15) is 0 Å². The zero-order chi connectivity index (χ0) is 34.8. The molecule has 2 amide bonds. The van der Waals surface area contributed by atoms with Gasteiger partial charge in [0.05, 0.1) is 12.7 Å². The molecule has 0 radical (unpaired) electrons. The lowest BCUT2D eigenvalue weighted by molar-refractivity contribution is -0.273. The van der Waals surface area contributed by atoms with Crippen LogP contribution >= 0.6 is 0 Å². The highest BCUT2D eigenvalue weighted by Gasteiger charge is 2.69. The van der Waals surface area contributed by atoms with Crippen molar-refractivity contribution in [1.29, 1.82) is 0 Å². The Hall–Kier alpha value is -1.29. The summed E-state index contributed by atoms with van der Waals surface area (Å²) in [7, 11) is 0. The zero-order valence-electron chi connectivity index (χ0n) is 31.7. The van der Waals surface area contributed by atoms with Crippen LogP contribution in [0.4, 0.5) is 4.39 Å². The quantitative estimate of drug-likeness (QED) is 0.349. The van der Waals surface area contributed by atoms with E-state index < -0.39 is 0 Å². The van der Waals surface area contributed by atoms with Crippen LogP contribution in [0.2, 0.25) is 0 Å². The third-order valence-corrected chi connectivity index (χ3v) is 16.8. The maximum atomic E-state index is 13.2. The summed E-state index contributed by atoms with van der Waals surface area (Å²) in [5, 5.41) is 3.34. The van der Waals surface area contributed by atoms with Crippen LogP contribution in [0.1, 0.15) is 111 Å². The minimum atomic E-state index is -0.338. The fraction of sp³-hybridized carbons (Fsp3) is 0.951. The van der Waals surface area contributed by atoms with E-state index >= 15 is 0 Å². The molecule has 0 aromatic carbocycles. The molecule has 50 heavy (non-hydrogen) atoms. The van der Waals surface area contributed by atoms with E-state index in [1.165, 1.54) is 44.9 Å². The first-order valence-corrected chi connectivity index (χ1v) is 20.9. The summed E-state index contributed by atoms with van der Waals surface area (Å²) in [6.07, 6.45) is 14.5. The predicted molar refractivity (Wildman–Crippen MR) is 192 cm³/mol. The van der Waals surface area contributed by atoms with E-state index in [4.69, 9.17) is 9.47 Å². The number of carbonyl (C=O) groups is 2. The summed E-state index contributed by atoms with van der Waals surface area (Å²) in [5.74, 6) is 4.23. The highest BCUT2D eigenvalue weighted by atomic mass is 19.1. The first kappa shape index (κ1) is 35.7. The van der Waals surface area contributed by atoms with Gasteiger partial charge in [0, 0.05) is 57.1 Å². The molecule has 8 rings (SSSR count). The summed E-state index contributed by atoms with van der Waals surface area (Å²) in [6.45, 7) is 16.2. The monoisotopic (exact) mass is 699 g/mol. The number of ether oxygens (including phenoxy) is 2. The molecule has 8 nitrogen and oxygen atoms in total. The second kappa shape index (κ2) is 13.8. The van der Waals surface area contributed by atoms with Gasteiger partial charge in [-0.3, -0.25) is 14.5 Å². The predicted octanol–water partition coefficient (Wildman–Crippen LogP) is 5.89. The summed E-state index contributed by atoms with van der Waals surface area (Å²) in [5.41, 5.74) is 0.697. The lowest BCUT2D eigenvalue weighted by atomic mass is 9.44. The van der Waals surface area contributed by atoms with E-state index in [9.17, 15) is 14.0 Å². The van der Waals surface area contributed by atoms with Gasteiger partial charge in [0.15, 0.2) is 5.79 Å². The standard InChI is InChI=1S/C41H67FN4O4/c1-27-7-14-41(49-26-27)28(2)38-35(50-41)24-34-32-6-5-29-23-30(8-12-39(29,3)33(32)9-13-40(34,38)4)43-36(47)25-37(48)46-21-19-45(20-22-46)31-10-16-44(17-11-31)18-15-42/h27-35,38H,5-26H2,1-4H3,(H,43,47)/t27-,28+,29-,30-,32-,33?,34+,35+,38+,39+,40+,41-/m1/s1. The molecule has 4 aliphatic heterocycles. The highest BCUT2D eigenvalue weighted by molar-refractivity contribution is 5.97. The topological polar surface area (TPSA) is 74.3 Å². The Kier molecular flexibility index (Phi) is 9.89. The van der Waals surface area contributed by atoms with Crippen LogP contribution in [0.25, 0.3) is 0 Å². The molecule has 4 saturated heterocycles. The lowest BCUT2D eigenvalue weighted by Gasteiger charge is -2.61. The molecule has 0 bridgehead atoms. The molecule has 282 valence electrons. The highest BCUT2D eigenvalue weighted by Crippen LogP contribution is 2.71. The number of piperazine rings is 1. The molecule has 8 aliphatic rings. The van der Waals surface area contributed by atoms with Gasteiger partial charge < -0.3 is 24.6 Å². The average Bonchev–Trinajstić information content (AvgIpc) is 3.56. The van der Waals surface area contributed by atoms with Gasteiger partial charge in [-0.25, -0.2) is 4.39 Å². The summed E-state index contributed by atoms with van der Waals surface area (Å²) < 4.78 is 26.3. The van der Waals surface area contributed by atoms with Crippen LogP contribution in [0, 0.1) is 52.3 Å². The minimum Gasteiger partial charge on any atom is -0.353 e. The molecule has 9 heteroatoms. The Morgan fingerprint density at radius 3 is 2.32 bits per heavy atom. The number of halogens is 1. The SMILES string of the molecule is C[C@@H]1CC[C@@]2(OC1)O[C@H]1C[C@H]3[C@@H]4CC[C@@H]5C[C@H](NC(=O)CC(=O)N6CCN(C7CCN(CCF)CC7)CC6)CC[C@]5(C)C4CC[C@]3(C)[C@H]1[C@@H]2C. The zero-order valence-corrected chi connectivity index (χ0v) is 31.7. The van der Waals surface area contributed by atoms with Crippen LogP contribution in [-0.2, 0) is 19.1 Å². The number of amides is 2. The van der Waals surface area contributed by atoms with Crippen molar-refractivity contribution < 1.29 is 23.5 Å². The molecular weight excluding hydrogens is 631 g/mol. The number of nitrogens with one attached hydrogen (secondary N) is 1. The van der Waals surface area contributed by atoms with Gasteiger partial charge in [-0.1, -0.05) is 27.7 Å². The first-order chi connectivity index (χ1) is 24.0. The van der Waals surface area contributed by atoms with E-state index in [1.54, 1.807) is 0 Å². The maximum Gasteiger partial charge on any atom is 0.232 e. The number of carbonyl (C=O) groups excluding carboxylic acids is 2. The molecule has 0 aromatic rings. The Bertz CT molecular complexity index is 1240. The summed E-state index contributed by atoms with van der Waals surface area (Å²) >= 11 is 0. The number of hydrogen-bond acceptors (Lipinski definition) is 6. The third-order valence-electron chi connectivity index (χ3n) is 16.8. The van der Waals surface area contributed by atoms with Gasteiger partial charge in [0.25, 0.3) is 0 Å². The number of alkyl halides is 1. The minimum absolute atomic E-state index is 0.0264. The van der Waals surface area contributed by atoms with Crippen LogP contribution in [0.15, 0.2) is 0 Å². The van der Waals surface area contributed by atoms with Crippen molar-refractivity contribution >= 4 is 11.8 Å². The Morgan fingerprint density at radius 1 is 0.840 bits per heavy atom. The van der Waals surface area contributed by atoms with Gasteiger partial charge in [0.1, 0.15) is 13.1 Å². The molecule has 1 N–H and O–H groups in total. The number of nitrogens with zero attached hydrogens (tertiary/aromatic N) is 3. The lowest BCUT2D eigenvalue weighted by Crippen LogP contribution is -2.56. The summed E-state index contributed by atoms with van der Waals surface area (Å²) in [4.78, 5) is 33.0. The average molecular weight is 699 g/mol. The molecule has 0 aromatic heterocycles. The third kappa shape index (κ3) is 6.18. The number of hydrogen-bond donors (Lipinski definition) is 1. The first-order valence-electron chi connectivity index (χ1n) is 20.9. The molecular formula is C41H67FN4O4. The van der Waals surface area contributed by atoms with Gasteiger partial charge in [-0.05, 0) is 130 Å². The van der Waals surface area contributed by atoms with Crippen molar-refractivity contribution in [1.82, 2.24) is 20.0 Å². The molecule has 4 aliphatic carbocycles. The fourth-order valence-corrected chi connectivity index (χ4v) is 13.9. The second-order valence-corrected chi connectivity index (χ2v) is 19.1. The van der Waals surface area contributed by atoms with Crippen LogP contribution < -0.4 is 5.32 Å². The fourth-order valence-electron chi connectivity index (χ4n) is 13.9. The molecule has 1 spiro atoms. The normalized spacial score (nSPS) is 47.0. The number of likely N-dealkylation sites (tertiary alicyclic amines) is 1. The maximum absolute atomic E-state index is 13.2. The number of rotatable bonds is 6. The van der Waals surface area contributed by atoms with Gasteiger partial charge >= 0.3 is 0 Å².